The Morgan fingerprint density at radius 1 is 1.24 bits per heavy atom. The topological polar surface area (TPSA) is 32.8 Å². The zero-order valence-corrected chi connectivity index (χ0v) is 13.3. The zero-order valence-electron chi connectivity index (χ0n) is 13.3. The summed E-state index contributed by atoms with van der Waals surface area (Å²) >= 11 is 0. The monoisotopic (exact) mass is 290 g/mol. The van der Waals surface area contributed by atoms with Gasteiger partial charge in [0, 0.05) is 33.2 Å². The average Bonchev–Trinajstić information content (AvgIpc) is 2.63. The predicted octanol–water partition coefficient (Wildman–Crippen LogP) is 2.92. The maximum Gasteiger partial charge on any atom is 0.223 e. The molecule has 0 radical (unpaired) electrons. The molecule has 0 aliphatic carbocycles. The van der Waals surface area contributed by atoms with Crippen LogP contribution in [-0.2, 0) is 9.53 Å². The third-order valence-electron chi connectivity index (χ3n) is 3.66. The molecule has 4 nitrogen and oxygen atoms in total. The van der Waals surface area contributed by atoms with Crippen molar-refractivity contribution >= 4 is 17.3 Å². The van der Waals surface area contributed by atoms with Gasteiger partial charge in [-0.3, -0.25) is 4.79 Å². The Balaban J connectivity index is 2.08. The van der Waals surface area contributed by atoms with E-state index in [0.29, 0.717) is 5.92 Å². The number of anilines is 2. The van der Waals surface area contributed by atoms with Gasteiger partial charge in [-0.05, 0) is 24.5 Å². The van der Waals surface area contributed by atoms with Crippen molar-refractivity contribution in [3.05, 3.63) is 24.3 Å². The van der Waals surface area contributed by atoms with E-state index in [1.165, 1.54) is 0 Å². The Morgan fingerprint density at radius 3 is 2.62 bits per heavy atom. The van der Waals surface area contributed by atoms with E-state index in [9.17, 15) is 4.79 Å². The molecule has 1 aliphatic rings. The zero-order chi connectivity index (χ0) is 15.2. The quantitative estimate of drug-likeness (QED) is 0.782. The molecule has 1 heterocycles. The van der Waals surface area contributed by atoms with Crippen molar-refractivity contribution in [2.24, 2.45) is 5.92 Å². The first kappa shape index (κ1) is 15.8. The van der Waals surface area contributed by atoms with Gasteiger partial charge >= 0.3 is 0 Å². The lowest BCUT2D eigenvalue weighted by molar-refractivity contribution is -0.116. The Labute approximate surface area is 127 Å². The van der Waals surface area contributed by atoms with E-state index >= 15 is 0 Å². The van der Waals surface area contributed by atoms with Gasteiger partial charge in [0.1, 0.15) is 0 Å². The van der Waals surface area contributed by atoms with Crippen molar-refractivity contribution in [1.29, 1.82) is 0 Å². The molecule has 1 aromatic carbocycles. The van der Waals surface area contributed by atoms with Gasteiger partial charge in [0.2, 0.25) is 5.91 Å². The molecular weight excluding hydrogens is 264 g/mol. The van der Waals surface area contributed by atoms with Crippen molar-refractivity contribution in [1.82, 2.24) is 0 Å². The molecule has 0 saturated heterocycles. The fourth-order valence-electron chi connectivity index (χ4n) is 2.67. The van der Waals surface area contributed by atoms with Crippen LogP contribution in [0.4, 0.5) is 11.4 Å². The molecule has 2 rings (SSSR count). The number of ether oxygens (including phenoxy) is 1. The number of hydrogen-bond acceptors (Lipinski definition) is 3. The third-order valence-corrected chi connectivity index (χ3v) is 3.66. The Kier molecular flexibility index (Phi) is 5.62. The van der Waals surface area contributed by atoms with Crippen molar-refractivity contribution in [3.8, 4) is 0 Å². The second-order valence-electron chi connectivity index (χ2n) is 5.97. The summed E-state index contributed by atoms with van der Waals surface area (Å²) in [6.45, 7) is 10.1. The molecule has 0 saturated carbocycles. The average molecular weight is 290 g/mol. The van der Waals surface area contributed by atoms with Gasteiger partial charge in [0.05, 0.1) is 18.0 Å². The molecule has 0 unspecified atom stereocenters. The minimum Gasteiger partial charge on any atom is -0.379 e. The largest absolute Gasteiger partial charge is 0.379 e. The standard InChI is InChI=1S/C17H26N2O2/c1-14(2)13-21-12-11-18-9-6-10-19(15(3)20)17-8-5-4-7-16(17)18/h4-5,7-8,14H,6,9-13H2,1-3H3. The smallest absolute Gasteiger partial charge is 0.223 e. The van der Waals surface area contributed by atoms with Crippen LogP contribution in [-0.4, -0.2) is 38.8 Å². The normalized spacial score (nSPS) is 15.0. The molecule has 1 aromatic rings. The van der Waals surface area contributed by atoms with E-state index < -0.39 is 0 Å². The third kappa shape index (κ3) is 4.21. The van der Waals surface area contributed by atoms with Crippen molar-refractivity contribution in [3.63, 3.8) is 0 Å². The molecule has 0 spiro atoms. The first-order valence-electron chi connectivity index (χ1n) is 7.79. The van der Waals surface area contributed by atoms with Crippen LogP contribution in [0.3, 0.4) is 0 Å². The van der Waals surface area contributed by atoms with Crippen LogP contribution in [0.1, 0.15) is 27.2 Å². The van der Waals surface area contributed by atoms with Crippen LogP contribution < -0.4 is 9.80 Å². The lowest BCUT2D eigenvalue weighted by Crippen LogP contribution is -2.28. The number of para-hydroxylation sites is 2. The van der Waals surface area contributed by atoms with Crippen LogP contribution in [0.25, 0.3) is 0 Å². The molecule has 0 atom stereocenters. The highest BCUT2D eigenvalue weighted by atomic mass is 16.5. The molecule has 21 heavy (non-hydrogen) atoms. The van der Waals surface area contributed by atoms with Crippen molar-refractivity contribution in [2.45, 2.75) is 27.2 Å². The number of hydrogen-bond donors (Lipinski definition) is 0. The number of rotatable bonds is 5. The van der Waals surface area contributed by atoms with Crippen LogP contribution >= 0.6 is 0 Å². The molecule has 116 valence electrons. The second kappa shape index (κ2) is 7.46. The first-order valence-corrected chi connectivity index (χ1v) is 7.79. The van der Waals surface area contributed by atoms with E-state index in [1.54, 1.807) is 6.92 Å². The highest BCUT2D eigenvalue weighted by molar-refractivity contribution is 5.95. The molecule has 0 bridgehead atoms. The van der Waals surface area contributed by atoms with Crippen molar-refractivity contribution in [2.75, 3.05) is 42.6 Å². The first-order chi connectivity index (χ1) is 10.1. The SMILES string of the molecule is CC(=O)N1CCCN(CCOCC(C)C)c2ccccc21. The number of carbonyl (C=O) groups is 1. The second-order valence-corrected chi connectivity index (χ2v) is 5.97. The summed E-state index contributed by atoms with van der Waals surface area (Å²) in [6, 6.07) is 8.15. The van der Waals surface area contributed by atoms with Crippen LogP contribution in [0, 0.1) is 5.92 Å². The van der Waals surface area contributed by atoms with E-state index in [4.69, 9.17) is 4.74 Å². The van der Waals surface area contributed by atoms with E-state index in [0.717, 1.165) is 50.6 Å². The van der Waals surface area contributed by atoms with E-state index in [2.05, 4.69) is 24.8 Å². The van der Waals surface area contributed by atoms with Gasteiger partial charge in [0.25, 0.3) is 0 Å². The number of fused-ring (bicyclic) bond motifs is 1. The minimum absolute atomic E-state index is 0.111. The molecule has 1 amide bonds. The van der Waals surface area contributed by atoms with Gasteiger partial charge < -0.3 is 14.5 Å². The lowest BCUT2D eigenvalue weighted by atomic mass is 10.2. The summed E-state index contributed by atoms with van der Waals surface area (Å²) in [6.07, 6.45) is 0.985. The molecule has 0 fully saturated rings. The Hall–Kier alpha value is -1.55. The van der Waals surface area contributed by atoms with Gasteiger partial charge in [0.15, 0.2) is 0 Å². The molecule has 4 heteroatoms. The maximum absolute atomic E-state index is 11.8. The van der Waals surface area contributed by atoms with E-state index in [-0.39, 0.29) is 5.91 Å². The highest BCUT2D eigenvalue weighted by Gasteiger charge is 2.22. The Bertz CT molecular complexity index is 474. The molecule has 0 N–H and O–H groups in total. The van der Waals surface area contributed by atoms with Crippen LogP contribution in [0.5, 0.6) is 0 Å². The fraction of sp³-hybridized carbons (Fsp3) is 0.588. The molecule has 1 aliphatic heterocycles. The maximum atomic E-state index is 11.8. The van der Waals surface area contributed by atoms with Gasteiger partial charge in [-0.1, -0.05) is 26.0 Å². The Morgan fingerprint density at radius 2 is 1.95 bits per heavy atom. The summed E-state index contributed by atoms with van der Waals surface area (Å²) in [4.78, 5) is 16.1. The van der Waals surface area contributed by atoms with Gasteiger partial charge in [-0.15, -0.1) is 0 Å². The summed E-state index contributed by atoms with van der Waals surface area (Å²) in [7, 11) is 0. The predicted molar refractivity (Wildman–Crippen MR) is 87.0 cm³/mol. The minimum atomic E-state index is 0.111. The van der Waals surface area contributed by atoms with Gasteiger partial charge in [-0.25, -0.2) is 0 Å². The number of amides is 1. The summed E-state index contributed by atoms with van der Waals surface area (Å²) in [5, 5.41) is 0. The van der Waals surface area contributed by atoms with Crippen LogP contribution in [0.2, 0.25) is 0 Å². The van der Waals surface area contributed by atoms with E-state index in [1.807, 2.05) is 23.1 Å². The number of nitrogens with zero attached hydrogens (tertiary/aromatic N) is 2. The summed E-state index contributed by atoms with van der Waals surface area (Å²) in [5.41, 5.74) is 2.16. The lowest BCUT2D eigenvalue weighted by Gasteiger charge is -2.26. The molecular formula is C17H26N2O2. The highest BCUT2D eigenvalue weighted by Crippen LogP contribution is 2.31. The fourth-order valence-corrected chi connectivity index (χ4v) is 2.67. The summed E-state index contributed by atoms with van der Waals surface area (Å²) in [5.74, 6) is 0.676. The van der Waals surface area contributed by atoms with Crippen LogP contribution in [0.15, 0.2) is 24.3 Å². The number of carbonyl (C=O) groups excluding carboxylic acids is 1. The number of benzene rings is 1. The molecule has 0 aromatic heterocycles. The summed E-state index contributed by atoms with van der Waals surface area (Å²) < 4.78 is 5.71. The van der Waals surface area contributed by atoms with Crippen molar-refractivity contribution < 1.29 is 9.53 Å². The van der Waals surface area contributed by atoms with Gasteiger partial charge in [-0.2, -0.15) is 0 Å².